The minimum atomic E-state index is -0.322. The Morgan fingerprint density at radius 1 is 0.861 bits per heavy atom. The lowest BCUT2D eigenvalue weighted by molar-refractivity contribution is -0.135. The van der Waals surface area contributed by atoms with E-state index in [0.29, 0.717) is 37.4 Å². The Kier molecular flexibility index (Phi) is 7.20. The van der Waals surface area contributed by atoms with E-state index in [9.17, 15) is 18.8 Å². The van der Waals surface area contributed by atoms with Crippen molar-refractivity contribution in [2.45, 2.75) is 45.1 Å². The zero-order valence-electron chi connectivity index (χ0n) is 20.5. The zero-order valence-corrected chi connectivity index (χ0v) is 20.5. The first-order valence-corrected chi connectivity index (χ1v) is 13.0. The first-order valence-electron chi connectivity index (χ1n) is 13.0. The molecule has 2 aliphatic carbocycles. The molecule has 0 radical (unpaired) electrons. The summed E-state index contributed by atoms with van der Waals surface area (Å²) in [5, 5.41) is 5.86. The number of rotatable bonds is 7. The number of carbonyl (C=O) groups excluding carboxylic acids is 3. The molecule has 5 rings (SSSR count). The molecule has 3 aliphatic rings. The zero-order chi connectivity index (χ0) is 25.1. The minimum Gasteiger partial charge on any atom is -0.367 e. The van der Waals surface area contributed by atoms with E-state index in [4.69, 9.17) is 0 Å². The Hall–Kier alpha value is -3.42. The van der Waals surface area contributed by atoms with E-state index in [0.717, 1.165) is 49.8 Å². The van der Waals surface area contributed by atoms with Crippen LogP contribution in [-0.4, -0.2) is 48.8 Å². The molecule has 0 bridgehead atoms. The summed E-state index contributed by atoms with van der Waals surface area (Å²) in [6.07, 6.45) is 6.06. The van der Waals surface area contributed by atoms with Crippen LogP contribution in [0.4, 0.5) is 15.8 Å². The third kappa shape index (κ3) is 5.69. The van der Waals surface area contributed by atoms with E-state index in [1.807, 2.05) is 17.0 Å². The van der Waals surface area contributed by atoms with Gasteiger partial charge in [0, 0.05) is 55.9 Å². The highest BCUT2D eigenvalue weighted by atomic mass is 19.1. The molecule has 1 heterocycles. The Morgan fingerprint density at radius 3 is 2.22 bits per heavy atom. The number of benzene rings is 2. The predicted octanol–water partition coefficient (Wildman–Crippen LogP) is 3.94. The van der Waals surface area contributed by atoms with Crippen LogP contribution >= 0.6 is 0 Å². The quantitative estimate of drug-likeness (QED) is 0.614. The Balaban J connectivity index is 1.30. The highest BCUT2D eigenvalue weighted by molar-refractivity contribution is 6.02. The highest BCUT2D eigenvalue weighted by Gasteiger charge is 2.31. The number of nitrogens with one attached hydrogen (secondary N) is 2. The van der Waals surface area contributed by atoms with Gasteiger partial charge in [-0.05, 0) is 61.6 Å². The Bertz CT molecular complexity index is 1120. The molecule has 2 saturated carbocycles. The van der Waals surface area contributed by atoms with Crippen molar-refractivity contribution in [1.82, 2.24) is 10.2 Å². The van der Waals surface area contributed by atoms with Gasteiger partial charge in [0.05, 0.1) is 5.56 Å². The molecule has 1 aliphatic heterocycles. The van der Waals surface area contributed by atoms with Crippen LogP contribution in [0.15, 0.2) is 42.5 Å². The van der Waals surface area contributed by atoms with Gasteiger partial charge < -0.3 is 20.4 Å². The fraction of sp³-hybridized carbons (Fsp3) is 0.464. The van der Waals surface area contributed by atoms with E-state index >= 15 is 0 Å². The fourth-order valence-corrected chi connectivity index (χ4v) is 5.14. The van der Waals surface area contributed by atoms with Crippen LogP contribution in [0.2, 0.25) is 0 Å². The molecule has 2 aromatic rings. The number of hydrogen-bond donors (Lipinski definition) is 2. The summed E-state index contributed by atoms with van der Waals surface area (Å²) >= 11 is 0. The van der Waals surface area contributed by atoms with Crippen molar-refractivity contribution in [2.75, 3.05) is 36.4 Å². The first-order chi connectivity index (χ1) is 17.5. The number of carbonyl (C=O) groups is 3. The van der Waals surface area contributed by atoms with Crippen LogP contribution in [-0.2, 0) is 16.1 Å². The molecule has 1 saturated heterocycles. The van der Waals surface area contributed by atoms with Gasteiger partial charge in [0.15, 0.2) is 0 Å². The fourth-order valence-electron chi connectivity index (χ4n) is 5.14. The standard InChI is InChI=1S/C28H33FN4O3/c29-22-9-5-19(6-10-22)18-30-27(35)24-17-23(31-26(34)20-7-8-20)11-12-25(24)32-13-15-33(16-14-32)28(36)21-3-1-2-4-21/h5-6,9-12,17,20-21H,1-4,7-8,13-16,18H2,(H,30,35)(H,31,34). The molecule has 0 aromatic heterocycles. The molecule has 3 fully saturated rings. The van der Waals surface area contributed by atoms with E-state index in [1.54, 1.807) is 18.2 Å². The van der Waals surface area contributed by atoms with Crippen molar-refractivity contribution in [3.63, 3.8) is 0 Å². The molecule has 190 valence electrons. The summed E-state index contributed by atoms with van der Waals surface area (Å²) in [6.45, 7) is 2.81. The largest absolute Gasteiger partial charge is 0.367 e. The van der Waals surface area contributed by atoms with E-state index < -0.39 is 0 Å². The van der Waals surface area contributed by atoms with Crippen LogP contribution in [0.3, 0.4) is 0 Å². The van der Waals surface area contributed by atoms with Crippen molar-refractivity contribution >= 4 is 29.1 Å². The number of nitrogens with zero attached hydrogens (tertiary/aromatic N) is 2. The topological polar surface area (TPSA) is 81.8 Å². The third-order valence-corrected chi connectivity index (χ3v) is 7.46. The van der Waals surface area contributed by atoms with Gasteiger partial charge in [-0.15, -0.1) is 0 Å². The van der Waals surface area contributed by atoms with Crippen LogP contribution < -0.4 is 15.5 Å². The second kappa shape index (κ2) is 10.7. The maximum absolute atomic E-state index is 13.3. The molecule has 36 heavy (non-hydrogen) atoms. The highest BCUT2D eigenvalue weighted by Crippen LogP contribution is 2.32. The molecule has 2 N–H and O–H groups in total. The Morgan fingerprint density at radius 2 is 1.56 bits per heavy atom. The van der Waals surface area contributed by atoms with E-state index in [2.05, 4.69) is 15.5 Å². The van der Waals surface area contributed by atoms with Crippen molar-refractivity contribution in [1.29, 1.82) is 0 Å². The molecule has 3 amide bonds. The summed E-state index contributed by atoms with van der Waals surface area (Å²) < 4.78 is 13.2. The van der Waals surface area contributed by atoms with Crippen LogP contribution in [0, 0.1) is 17.7 Å². The predicted molar refractivity (Wildman–Crippen MR) is 136 cm³/mol. The van der Waals surface area contributed by atoms with Crippen LogP contribution in [0.25, 0.3) is 0 Å². The van der Waals surface area contributed by atoms with Crippen molar-refractivity contribution in [3.05, 3.63) is 59.4 Å². The van der Waals surface area contributed by atoms with Gasteiger partial charge in [0.25, 0.3) is 5.91 Å². The SMILES string of the molecule is O=C(NCc1ccc(F)cc1)c1cc(NC(=O)C2CC2)ccc1N1CCN(C(=O)C2CCCC2)CC1. The third-order valence-electron chi connectivity index (χ3n) is 7.46. The normalized spacial score (nSPS) is 18.2. The average molecular weight is 493 g/mol. The number of halogens is 1. The number of hydrogen-bond acceptors (Lipinski definition) is 4. The molecule has 0 spiro atoms. The van der Waals surface area contributed by atoms with E-state index in [-0.39, 0.29) is 41.9 Å². The second-order valence-corrected chi connectivity index (χ2v) is 10.1. The van der Waals surface area contributed by atoms with Gasteiger partial charge in [0.2, 0.25) is 11.8 Å². The molecule has 0 atom stereocenters. The lowest BCUT2D eigenvalue weighted by atomic mass is 10.1. The lowest BCUT2D eigenvalue weighted by Gasteiger charge is -2.38. The maximum Gasteiger partial charge on any atom is 0.253 e. The summed E-state index contributed by atoms with van der Waals surface area (Å²) in [4.78, 5) is 42.5. The smallest absolute Gasteiger partial charge is 0.253 e. The van der Waals surface area contributed by atoms with Crippen molar-refractivity contribution in [2.24, 2.45) is 11.8 Å². The molecular formula is C28H33FN4O3. The number of piperazine rings is 1. The average Bonchev–Trinajstić information content (AvgIpc) is 3.62. The lowest BCUT2D eigenvalue weighted by Crippen LogP contribution is -2.50. The second-order valence-electron chi connectivity index (χ2n) is 10.1. The molecule has 7 nitrogen and oxygen atoms in total. The minimum absolute atomic E-state index is 0.0144. The van der Waals surface area contributed by atoms with Gasteiger partial charge in [-0.1, -0.05) is 25.0 Å². The molecule has 2 aromatic carbocycles. The molecule has 0 unspecified atom stereocenters. The van der Waals surface area contributed by atoms with Gasteiger partial charge in [-0.2, -0.15) is 0 Å². The number of amides is 3. The maximum atomic E-state index is 13.3. The van der Waals surface area contributed by atoms with Gasteiger partial charge in [0.1, 0.15) is 5.82 Å². The van der Waals surface area contributed by atoms with Crippen molar-refractivity contribution in [3.8, 4) is 0 Å². The molecular weight excluding hydrogens is 459 g/mol. The van der Waals surface area contributed by atoms with E-state index in [1.165, 1.54) is 12.1 Å². The summed E-state index contributed by atoms with van der Waals surface area (Å²) in [5.74, 6) is -0.107. The Labute approximate surface area is 211 Å². The van der Waals surface area contributed by atoms with Gasteiger partial charge in [-0.3, -0.25) is 14.4 Å². The summed E-state index contributed by atoms with van der Waals surface area (Å²) in [7, 11) is 0. The van der Waals surface area contributed by atoms with Crippen LogP contribution in [0.5, 0.6) is 0 Å². The molecule has 8 heteroatoms. The van der Waals surface area contributed by atoms with Gasteiger partial charge in [-0.25, -0.2) is 4.39 Å². The summed E-state index contributed by atoms with van der Waals surface area (Å²) in [5.41, 5.74) is 2.64. The number of anilines is 2. The van der Waals surface area contributed by atoms with Crippen LogP contribution in [0.1, 0.15) is 54.4 Å². The first kappa shape index (κ1) is 24.3. The van der Waals surface area contributed by atoms with Gasteiger partial charge >= 0.3 is 0 Å². The monoisotopic (exact) mass is 492 g/mol. The van der Waals surface area contributed by atoms with Crippen molar-refractivity contribution < 1.29 is 18.8 Å². The summed E-state index contributed by atoms with van der Waals surface area (Å²) in [6, 6.07) is 11.5.